The molecule has 0 aromatic carbocycles. The summed E-state index contributed by atoms with van der Waals surface area (Å²) in [5.74, 6) is 1.12. The number of rotatable bonds is 4. The van der Waals surface area contributed by atoms with Gasteiger partial charge in [-0.25, -0.2) is 0 Å². The number of nitrogens with one attached hydrogen (secondary N) is 1. The van der Waals surface area contributed by atoms with Crippen molar-refractivity contribution in [3.63, 3.8) is 0 Å². The Hall–Kier alpha value is -2.24. The Balaban J connectivity index is 2.18. The van der Waals surface area contributed by atoms with E-state index < -0.39 is 0 Å². The van der Waals surface area contributed by atoms with Crippen LogP contribution in [-0.4, -0.2) is 20.9 Å². The number of ether oxygens (including phenoxy) is 1. The second-order valence-corrected chi connectivity index (χ2v) is 4.29. The van der Waals surface area contributed by atoms with E-state index in [-0.39, 0.29) is 6.10 Å². The summed E-state index contributed by atoms with van der Waals surface area (Å²) in [6.07, 6.45) is 3.62. The maximum absolute atomic E-state index is 5.80. The Morgan fingerprint density at radius 2 is 2.17 bits per heavy atom. The van der Waals surface area contributed by atoms with E-state index in [2.05, 4.69) is 15.4 Å². The predicted octanol–water partition coefficient (Wildman–Crippen LogP) is 1.93. The third-order valence-electron chi connectivity index (χ3n) is 2.21. The fourth-order valence-electron chi connectivity index (χ4n) is 1.47. The lowest BCUT2D eigenvalue weighted by molar-refractivity contribution is 0.234. The van der Waals surface area contributed by atoms with Gasteiger partial charge in [-0.05, 0) is 26.0 Å². The van der Waals surface area contributed by atoms with Crippen LogP contribution in [0, 0.1) is 0 Å². The van der Waals surface area contributed by atoms with E-state index in [0.717, 1.165) is 5.69 Å². The normalized spacial score (nSPS) is 10.7. The van der Waals surface area contributed by atoms with Crippen LogP contribution in [0.1, 0.15) is 13.8 Å². The maximum Gasteiger partial charge on any atom is 0.239 e. The monoisotopic (exact) mass is 247 g/mol. The van der Waals surface area contributed by atoms with E-state index in [1.54, 1.807) is 23.0 Å². The minimum absolute atomic E-state index is 0.0356. The van der Waals surface area contributed by atoms with Crippen LogP contribution in [0.2, 0.25) is 0 Å². The van der Waals surface area contributed by atoms with Gasteiger partial charge in [0.2, 0.25) is 5.88 Å². The van der Waals surface area contributed by atoms with Crippen LogP contribution in [0.5, 0.6) is 5.88 Å². The van der Waals surface area contributed by atoms with Gasteiger partial charge in [-0.15, -0.1) is 0 Å². The Morgan fingerprint density at radius 1 is 1.39 bits per heavy atom. The van der Waals surface area contributed by atoms with Crippen LogP contribution in [-0.2, 0) is 7.05 Å². The first-order valence-corrected chi connectivity index (χ1v) is 5.73. The SMILES string of the molecule is CC(C)Oc1nc(Nc2cnn(C)c2)ccc1N. The van der Waals surface area contributed by atoms with Gasteiger partial charge < -0.3 is 15.8 Å². The predicted molar refractivity (Wildman–Crippen MR) is 70.9 cm³/mol. The summed E-state index contributed by atoms with van der Waals surface area (Å²) in [5, 5.41) is 7.21. The van der Waals surface area contributed by atoms with Crippen LogP contribution in [0.25, 0.3) is 0 Å². The molecule has 0 amide bonds. The lowest BCUT2D eigenvalue weighted by Gasteiger charge is -2.12. The highest BCUT2D eigenvalue weighted by molar-refractivity contribution is 5.59. The first-order chi connectivity index (χ1) is 8.54. The van der Waals surface area contributed by atoms with Crippen molar-refractivity contribution in [3.8, 4) is 5.88 Å². The third-order valence-corrected chi connectivity index (χ3v) is 2.21. The Labute approximate surface area is 106 Å². The number of aromatic nitrogens is 3. The van der Waals surface area contributed by atoms with Crippen LogP contribution < -0.4 is 15.8 Å². The molecule has 2 heterocycles. The lowest BCUT2D eigenvalue weighted by atomic mass is 10.4. The fourth-order valence-corrected chi connectivity index (χ4v) is 1.47. The van der Waals surface area contributed by atoms with Gasteiger partial charge in [0.15, 0.2) is 0 Å². The molecular weight excluding hydrogens is 230 g/mol. The summed E-state index contributed by atoms with van der Waals surface area (Å²) in [6.45, 7) is 3.87. The highest BCUT2D eigenvalue weighted by Crippen LogP contribution is 2.23. The van der Waals surface area contributed by atoms with E-state index in [1.807, 2.05) is 27.1 Å². The Morgan fingerprint density at radius 3 is 2.78 bits per heavy atom. The van der Waals surface area contributed by atoms with E-state index in [0.29, 0.717) is 17.4 Å². The van der Waals surface area contributed by atoms with Crippen LogP contribution in [0.15, 0.2) is 24.5 Å². The lowest BCUT2D eigenvalue weighted by Crippen LogP contribution is -2.09. The molecular formula is C12H17N5O. The molecule has 3 N–H and O–H groups in total. The molecule has 18 heavy (non-hydrogen) atoms. The molecule has 0 unspecified atom stereocenters. The number of nitrogens with two attached hydrogens (primary N) is 1. The van der Waals surface area contributed by atoms with Crippen molar-refractivity contribution in [3.05, 3.63) is 24.5 Å². The van der Waals surface area contributed by atoms with Gasteiger partial charge in [0, 0.05) is 13.2 Å². The molecule has 0 fully saturated rings. The quantitative estimate of drug-likeness (QED) is 0.863. The molecule has 2 rings (SSSR count). The van der Waals surface area contributed by atoms with Gasteiger partial charge in [0.1, 0.15) is 5.82 Å². The molecule has 0 spiro atoms. The molecule has 0 atom stereocenters. The molecule has 0 aliphatic heterocycles. The van der Waals surface area contributed by atoms with Gasteiger partial charge >= 0.3 is 0 Å². The van der Waals surface area contributed by atoms with Crippen LogP contribution in [0.3, 0.4) is 0 Å². The van der Waals surface area contributed by atoms with Gasteiger partial charge in [-0.1, -0.05) is 0 Å². The largest absolute Gasteiger partial charge is 0.473 e. The van der Waals surface area contributed by atoms with E-state index >= 15 is 0 Å². The highest BCUT2D eigenvalue weighted by Gasteiger charge is 2.07. The number of nitrogens with zero attached hydrogens (tertiary/aromatic N) is 3. The average Bonchev–Trinajstić information content (AvgIpc) is 2.68. The van der Waals surface area contributed by atoms with Crippen molar-refractivity contribution in [2.45, 2.75) is 20.0 Å². The molecule has 0 radical (unpaired) electrons. The highest BCUT2D eigenvalue weighted by atomic mass is 16.5. The molecule has 6 nitrogen and oxygen atoms in total. The van der Waals surface area contributed by atoms with E-state index in [4.69, 9.17) is 10.5 Å². The van der Waals surface area contributed by atoms with Crippen LogP contribution in [0.4, 0.5) is 17.2 Å². The molecule has 0 saturated carbocycles. The van der Waals surface area contributed by atoms with Crippen molar-refractivity contribution < 1.29 is 4.74 Å². The minimum Gasteiger partial charge on any atom is -0.473 e. The van der Waals surface area contributed by atoms with Crippen LogP contribution >= 0.6 is 0 Å². The van der Waals surface area contributed by atoms with Gasteiger partial charge in [0.05, 0.1) is 23.7 Å². The third kappa shape index (κ3) is 2.91. The van der Waals surface area contributed by atoms with E-state index in [9.17, 15) is 0 Å². The summed E-state index contributed by atoms with van der Waals surface area (Å²) in [5.41, 5.74) is 7.20. The summed E-state index contributed by atoms with van der Waals surface area (Å²) in [4.78, 5) is 4.32. The average molecular weight is 247 g/mol. The van der Waals surface area contributed by atoms with Gasteiger partial charge in [-0.2, -0.15) is 10.1 Å². The molecule has 0 aliphatic carbocycles. The number of aryl methyl sites for hydroxylation is 1. The van der Waals surface area contributed by atoms with Crippen molar-refractivity contribution >= 4 is 17.2 Å². The summed E-state index contributed by atoms with van der Waals surface area (Å²) in [7, 11) is 1.86. The summed E-state index contributed by atoms with van der Waals surface area (Å²) in [6, 6.07) is 3.57. The van der Waals surface area contributed by atoms with Gasteiger partial charge in [-0.3, -0.25) is 4.68 Å². The Bertz CT molecular complexity index is 535. The fraction of sp³-hybridized carbons (Fsp3) is 0.333. The molecule has 6 heteroatoms. The molecule has 0 saturated heterocycles. The number of anilines is 3. The Kier molecular flexibility index (Phi) is 3.36. The topological polar surface area (TPSA) is 78.0 Å². The number of pyridine rings is 1. The first kappa shape index (κ1) is 12.2. The first-order valence-electron chi connectivity index (χ1n) is 5.73. The molecule has 2 aromatic rings. The second-order valence-electron chi connectivity index (χ2n) is 4.29. The standard InChI is InChI=1S/C12H17N5O/c1-8(2)18-12-10(13)4-5-11(16-12)15-9-6-14-17(3)7-9/h4-8H,13H2,1-3H3,(H,15,16). The van der Waals surface area contributed by atoms with Crippen molar-refractivity contribution in [1.82, 2.24) is 14.8 Å². The van der Waals surface area contributed by atoms with Crippen molar-refractivity contribution in [2.75, 3.05) is 11.1 Å². The molecule has 2 aromatic heterocycles. The zero-order chi connectivity index (χ0) is 13.1. The maximum atomic E-state index is 5.80. The van der Waals surface area contributed by atoms with E-state index in [1.165, 1.54) is 0 Å². The molecule has 0 aliphatic rings. The smallest absolute Gasteiger partial charge is 0.239 e. The van der Waals surface area contributed by atoms with Crippen molar-refractivity contribution in [2.24, 2.45) is 7.05 Å². The number of nitrogen functional groups attached to an aromatic ring is 1. The zero-order valence-electron chi connectivity index (χ0n) is 10.7. The summed E-state index contributed by atoms with van der Waals surface area (Å²) >= 11 is 0. The zero-order valence-corrected chi connectivity index (χ0v) is 10.7. The number of hydrogen-bond donors (Lipinski definition) is 2. The second kappa shape index (κ2) is 4.95. The molecule has 0 bridgehead atoms. The minimum atomic E-state index is 0.0356. The molecule has 96 valence electrons. The summed E-state index contributed by atoms with van der Waals surface area (Å²) < 4.78 is 7.25. The van der Waals surface area contributed by atoms with Crippen molar-refractivity contribution in [1.29, 1.82) is 0 Å². The number of hydrogen-bond acceptors (Lipinski definition) is 5. The van der Waals surface area contributed by atoms with Gasteiger partial charge in [0.25, 0.3) is 0 Å².